The molecule has 0 aromatic heterocycles. The Morgan fingerprint density at radius 2 is 2.19 bits per heavy atom. The Morgan fingerprint density at radius 1 is 1.50 bits per heavy atom. The second-order valence-electron chi connectivity index (χ2n) is 3.58. The third kappa shape index (κ3) is 1.65. The minimum absolute atomic E-state index is 0.133. The summed E-state index contributed by atoms with van der Waals surface area (Å²) in [5.74, 6) is -0.597. The summed E-state index contributed by atoms with van der Waals surface area (Å²) in [6, 6.07) is 6.64. The van der Waals surface area contributed by atoms with E-state index in [1.165, 1.54) is 4.90 Å². The Morgan fingerprint density at radius 3 is 2.88 bits per heavy atom. The zero-order valence-electron chi connectivity index (χ0n) is 8.74. The predicted molar refractivity (Wildman–Crippen MR) is 62.7 cm³/mol. The monoisotopic (exact) mass is 238 g/mol. The van der Waals surface area contributed by atoms with Crippen LogP contribution in [-0.2, 0) is 9.59 Å². The molecule has 84 valence electrons. The number of rotatable bonds is 1. The normalized spacial score (nSPS) is 19.0. The number of fused-ring (bicyclic) bond motifs is 1. The van der Waals surface area contributed by atoms with Gasteiger partial charge >= 0.3 is 0 Å². The van der Waals surface area contributed by atoms with Gasteiger partial charge in [-0.25, -0.2) is 0 Å². The Bertz CT molecular complexity index is 447. The third-order valence-corrected chi connectivity index (χ3v) is 2.80. The maximum Gasteiger partial charge on any atom is 0.247 e. The van der Waals surface area contributed by atoms with Crippen LogP contribution in [0.5, 0.6) is 0 Å². The highest BCUT2D eigenvalue weighted by atomic mass is 35.5. The van der Waals surface area contributed by atoms with E-state index in [1.807, 2.05) is 6.07 Å². The molecule has 4 nitrogen and oxygen atoms in total. The molecule has 0 fully saturated rings. The molecule has 1 heterocycles. The molecule has 0 unspecified atom stereocenters. The number of para-hydroxylation sites is 2. The quantitative estimate of drug-likeness (QED) is 0.756. The lowest BCUT2D eigenvalue weighted by Gasteiger charge is -2.34. The molecule has 0 saturated heterocycles. The number of halogens is 1. The molecule has 1 aliphatic heterocycles. The SMILES string of the molecule is C[C@H]1C(=O)Nc2ccccc2N1C(=O)CCl. The van der Waals surface area contributed by atoms with Gasteiger partial charge in [-0.2, -0.15) is 0 Å². The van der Waals surface area contributed by atoms with Crippen LogP contribution in [-0.4, -0.2) is 23.7 Å². The van der Waals surface area contributed by atoms with Gasteiger partial charge in [0.25, 0.3) is 0 Å². The van der Waals surface area contributed by atoms with Crippen LogP contribution in [0.25, 0.3) is 0 Å². The van der Waals surface area contributed by atoms with Crippen LogP contribution in [0, 0.1) is 0 Å². The van der Waals surface area contributed by atoms with E-state index in [-0.39, 0.29) is 17.7 Å². The zero-order chi connectivity index (χ0) is 11.7. The molecule has 1 aromatic carbocycles. The molecule has 16 heavy (non-hydrogen) atoms. The lowest BCUT2D eigenvalue weighted by molar-refractivity contribution is -0.122. The van der Waals surface area contributed by atoms with Crippen molar-refractivity contribution in [3.63, 3.8) is 0 Å². The van der Waals surface area contributed by atoms with E-state index < -0.39 is 6.04 Å². The number of benzene rings is 1. The first-order valence-corrected chi connectivity index (χ1v) is 5.46. The van der Waals surface area contributed by atoms with Gasteiger partial charge in [-0.15, -0.1) is 11.6 Å². The first kappa shape index (κ1) is 11.0. The van der Waals surface area contributed by atoms with Gasteiger partial charge in [0.1, 0.15) is 11.9 Å². The van der Waals surface area contributed by atoms with Crippen molar-refractivity contribution in [2.24, 2.45) is 0 Å². The topological polar surface area (TPSA) is 49.4 Å². The largest absolute Gasteiger partial charge is 0.322 e. The van der Waals surface area contributed by atoms with Crippen LogP contribution >= 0.6 is 11.6 Å². The minimum atomic E-state index is -0.527. The molecule has 0 spiro atoms. The van der Waals surface area contributed by atoms with Gasteiger partial charge in [-0.3, -0.25) is 14.5 Å². The van der Waals surface area contributed by atoms with E-state index in [0.29, 0.717) is 11.4 Å². The van der Waals surface area contributed by atoms with Crippen molar-refractivity contribution in [2.75, 3.05) is 16.1 Å². The van der Waals surface area contributed by atoms with E-state index in [1.54, 1.807) is 25.1 Å². The molecule has 0 saturated carbocycles. The number of hydrogen-bond donors (Lipinski definition) is 1. The Kier molecular flexibility index (Phi) is 2.83. The molecule has 0 bridgehead atoms. The van der Waals surface area contributed by atoms with Gasteiger partial charge in [-0.1, -0.05) is 12.1 Å². The lowest BCUT2D eigenvalue weighted by Crippen LogP contribution is -2.49. The highest BCUT2D eigenvalue weighted by Gasteiger charge is 2.32. The average Bonchev–Trinajstić information content (AvgIpc) is 2.30. The van der Waals surface area contributed by atoms with Crippen molar-refractivity contribution in [1.82, 2.24) is 0 Å². The Hall–Kier alpha value is -1.55. The lowest BCUT2D eigenvalue weighted by atomic mass is 10.1. The summed E-state index contributed by atoms with van der Waals surface area (Å²) in [6.45, 7) is 1.68. The summed E-state index contributed by atoms with van der Waals surface area (Å²) >= 11 is 5.54. The Balaban J connectivity index is 2.50. The van der Waals surface area contributed by atoms with Crippen LogP contribution < -0.4 is 10.2 Å². The summed E-state index contributed by atoms with van der Waals surface area (Å²) < 4.78 is 0. The van der Waals surface area contributed by atoms with Gasteiger partial charge in [0.2, 0.25) is 11.8 Å². The smallest absolute Gasteiger partial charge is 0.247 e. The first-order valence-electron chi connectivity index (χ1n) is 4.93. The number of nitrogens with one attached hydrogen (secondary N) is 1. The van der Waals surface area contributed by atoms with Crippen LogP contribution in [0.2, 0.25) is 0 Å². The predicted octanol–water partition coefficient (Wildman–Crippen LogP) is 1.60. The van der Waals surface area contributed by atoms with Gasteiger partial charge in [0, 0.05) is 0 Å². The summed E-state index contributed by atoms with van der Waals surface area (Å²) in [4.78, 5) is 24.8. The summed E-state index contributed by atoms with van der Waals surface area (Å²) in [6.07, 6.45) is 0. The van der Waals surface area contributed by atoms with Crippen molar-refractivity contribution in [3.8, 4) is 0 Å². The highest BCUT2D eigenvalue weighted by Crippen LogP contribution is 2.31. The van der Waals surface area contributed by atoms with Crippen molar-refractivity contribution in [3.05, 3.63) is 24.3 Å². The maximum absolute atomic E-state index is 11.7. The van der Waals surface area contributed by atoms with Gasteiger partial charge in [-0.05, 0) is 19.1 Å². The van der Waals surface area contributed by atoms with E-state index in [0.717, 1.165) is 0 Å². The number of alkyl halides is 1. The van der Waals surface area contributed by atoms with Crippen LogP contribution in [0.4, 0.5) is 11.4 Å². The highest BCUT2D eigenvalue weighted by molar-refractivity contribution is 6.30. The first-order chi connectivity index (χ1) is 7.65. The molecular formula is C11H11ClN2O2. The molecule has 1 N–H and O–H groups in total. The fourth-order valence-electron chi connectivity index (χ4n) is 1.77. The second-order valence-corrected chi connectivity index (χ2v) is 3.85. The molecule has 1 aromatic rings. The Labute approximate surface area is 98.2 Å². The number of carbonyl (C=O) groups is 2. The van der Waals surface area contributed by atoms with Crippen LogP contribution in [0.15, 0.2) is 24.3 Å². The molecule has 1 aliphatic rings. The number of carbonyl (C=O) groups excluding carboxylic acids is 2. The van der Waals surface area contributed by atoms with E-state index in [9.17, 15) is 9.59 Å². The summed E-state index contributed by atoms with van der Waals surface area (Å²) in [7, 11) is 0. The van der Waals surface area contributed by atoms with Crippen molar-refractivity contribution in [2.45, 2.75) is 13.0 Å². The molecule has 0 aliphatic carbocycles. The molecule has 1 atom stereocenters. The van der Waals surface area contributed by atoms with E-state index in [4.69, 9.17) is 11.6 Å². The molecular weight excluding hydrogens is 228 g/mol. The second kappa shape index (κ2) is 4.14. The molecule has 0 radical (unpaired) electrons. The zero-order valence-corrected chi connectivity index (χ0v) is 9.49. The fraction of sp³-hybridized carbons (Fsp3) is 0.273. The number of amides is 2. The van der Waals surface area contributed by atoms with Crippen molar-refractivity contribution < 1.29 is 9.59 Å². The van der Waals surface area contributed by atoms with E-state index >= 15 is 0 Å². The van der Waals surface area contributed by atoms with Crippen molar-refractivity contribution in [1.29, 1.82) is 0 Å². The van der Waals surface area contributed by atoms with Crippen LogP contribution in [0.3, 0.4) is 0 Å². The third-order valence-electron chi connectivity index (χ3n) is 2.57. The summed E-state index contributed by atoms with van der Waals surface area (Å²) in [5.41, 5.74) is 1.34. The van der Waals surface area contributed by atoms with Gasteiger partial charge in [0.05, 0.1) is 11.4 Å². The summed E-state index contributed by atoms with van der Waals surface area (Å²) in [5, 5.41) is 2.74. The minimum Gasteiger partial charge on any atom is -0.322 e. The maximum atomic E-state index is 11.7. The number of nitrogens with zero attached hydrogens (tertiary/aromatic N) is 1. The van der Waals surface area contributed by atoms with Gasteiger partial charge in [0.15, 0.2) is 0 Å². The van der Waals surface area contributed by atoms with E-state index in [2.05, 4.69) is 5.32 Å². The van der Waals surface area contributed by atoms with Crippen molar-refractivity contribution >= 4 is 34.8 Å². The number of hydrogen-bond acceptors (Lipinski definition) is 2. The standard InChI is InChI=1S/C11H11ClN2O2/c1-7-11(16)13-8-4-2-3-5-9(8)14(7)10(15)6-12/h2-5,7H,6H2,1H3,(H,13,16)/t7-/m0/s1. The average molecular weight is 239 g/mol. The van der Waals surface area contributed by atoms with Crippen LogP contribution in [0.1, 0.15) is 6.92 Å². The molecule has 5 heteroatoms. The molecule has 2 rings (SSSR count). The van der Waals surface area contributed by atoms with Gasteiger partial charge < -0.3 is 5.32 Å². The number of anilines is 2. The fourth-order valence-corrected chi connectivity index (χ4v) is 1.90. The molecule has 2 amide bonds.